The molecule has 0 saturated heterocycles. The van der Waals surface area contributed by atoms with E-state index in [0.29, 0.717) is 5.92 Å². The molecule has 1 aromatic rings. The minimum absolute atomic E-state index is 0.227. The van der Waals surface area contributed by atoms with Crippen molar-refractivity contribution < 1.29 is 9.52 Å². The number of furan rings is 1. The van der Waals surface area contributed by atoms with Crippen LogP contribution >= 0.6 is 0 Å². The van der Waals surface area contributed by atoms with E-state index in [1.165, 1.54) is 0 Å². The monoisotopic (exact) mass is 169 g/mol. The topological polar surface area (TPSA) is 45.4 Å². The van der Waals surface area contributed by atoms with Crippen molar-refractivity contribution >= 4 is 0 Å². The standard InChI is InChI=1S/C9H15NO2/c1-8(7-11)5-10-6-9-3-2-4-12-9/h2-4,8,10-11H,5-7H2,1H3. The van der Waals surface area contributed by atoms with Gasteiger partial charge in [-0.2, -0.15) is 0 Å². The molecule has 68 valence electrons. The molecule has 1 rings (SSSR count). The molecule has 0 radical (unpaired) electrons. The minimum Gasteiger partial charge on any atom is -0.468 e. The van der Waals surface area contributed by atoms with Gasteiger partial charge in [0.05, 0.1) is 12.8 Å². The summed E-state index contributed by atoms with van der Waals surface area (Å²) < 4.78 is 5.12. The Labute approximate surface area is 72.4 Å². The van der Waals surface area contributed by atoms with Gasteiger partial charge in [-0.25, -0.2) is 0 Å². The summed E-state index contributed by atoms with van der Waals surface area (Å²) in [5.74, 6) is 1.24. The summed E-state index contributed by atoms with van der Waals surface area (Å²) in [6, 6.07) is 3.79. The molecule has 0 amide bonds. The van der Waals surface area contributed by atoms with E-state index in [2.05, 4.69) is 5.32 Å². The summed E-state index contributed by atoms with van der Waals surface area (Å²) in [7, 11) is 0. The van der Waals surface area contributed by atoms with Crippen molar-refractivity contribution in [1.29, 1.82) is 0 Å². The van der Waals surface area contributed by atoms with Crippen LogP contribution in [0.4, 0.5) is 0 Å². The van der Waals surface area contributed by atoms with Crippen LogP contribution in [0.15, 0.2) is 22.8 Å². The molecule has 0 aliphatic heterocycles. The fourth-order valence-corrected chi connectivity index (χ4v) is 0.919. The lowest BCUT2D eigenvalue weighted by Crippen LogP contribution is -2.22. The molecule has 0 saturated carbocycles. The van der Waals surface area contributed by atoms with E-state index < -0.39 is 0 Å². The molecule has 0 spiro atoms. The quantitative estimate of drug-likeness (QED) is 0.691. The average molecular weight is 169 g/mol. The summed E-state index contributed by atoms with van der Waals surface area (Å²) in [6.07, 6.45) is 1.66. The number of hydrogen-bond acceptors (Lipinski definition) is 3. The van der Waals surface area contributed by atoms with Crippen LogP contribution in [0.2, 0.25) is 0 Å². The number of nitrogens with one attached hydrogen (secondary N) is 1. The number of hydrogen-bond donors (Lipinski definition) is 2. The zero-order chi connectivity index (χ0) is 8.81. The van der Waals surface area contributed by atoms with E-state index in [4.69, 9.17) is 9.52 Å². The molecule has 0 aromatic carbocycles. The molecule has 1 aromatic heterocycles. The van der Waals surface area contributed by atoms with Crippen molar-refractivity contribution in [2.75, 3.05) is 13.2 Å². The average Bonchev–Trinajstić information content (AvgIpc) is 2.57. The van der Waals surface area contributed by atoms with E-state index in [0.717, 1.165) is 18.8 Å². The van der Waals surface area contributed by atoms with Crippen LogP contribution in [0, 0.1) is 5.92 Å². The third kappa shape index (κ3) is 3.07. The van der Waals surface area contributed by atoms with Gasteiger partial charge in [-0.1, -0.05) is 6.92 Å². The molecule has 1 heterocycles. The highest BCUT2D eigenvalue weighted by atomic mass is 16.3. The molecule has 0 aliphatic rings. The summed E-state index contributed by atoms with van der Waals surface area (Å²) >= 11 is 0. The van der Waals surface area contributed by atoms with Gasteiger partial charge in [-0.15, -0.1) is 0 Å². The molecule has 1 atom stereocenters. The van der Waals surface area contributed by atoms with E-state index in [9.17, 15) is 0 Å². The van der Waals surface area contributed by atoms with Crippen LogP contribution < -0.4 is 5.32 Å². The van der Waals surface area contributed by atoms with Gasteiger partial charge in [0.15, 0.2) is 0 Å². The van der Waals surface area contributed by atoms with Crippen molar-refractivity contribution in [3.8, 4) is 0 Å². The Morgan fingerprint density at radius 2 is 2.50 bits per heavy atom. The van der Waals surface area contributed by atoms with Crippen LogP contribution in [0.25, 0.3) is 0 Å². The summed E-state index contributed by atoms with van der Waals surface area (Å²) in [5.41, 5.74) is 0. The fraction of sp³-hybridized carbons (Fsp3) is 0.556. The largest absolute Gasteiger partial charge is 0.468 e. The van der Waals surface area contributed by atoms with Gasteiger partial charge in [0, 0.05) is 13.2 Å². The highest BCUT2D eigenvalue weighted by molar-refractivity contribution is 4.97. The van der Waals surface area contributed by atoms with Crippen LogP contribution in [-0.2, 0) is 6.54 Å². The van der Waals surface area contributed by atoms with Crippen molar-refractivity contribution in [1.82, 2.24) is 5.32 Å². The maximum Gasteiger partial charge on any atom is 0.117 e. The second-order valence-corrected chi connectivity index (χ2v) is 3.00. The molecule has 3 nitrogen and oxygen atoms in total. The van der Waals surface area contributed by atoms with Crippen molar-refractivity contribution in [3.05, 3.63) is 24.2 Å². The van der Waals surface area contributed by atoms with Crippen LogP contribution in [0.1, 0.15) is 12.7 Å². The predicted molar refractivity (Wildman–Crippen MR) is 46.7 cm³/mol. The lowest BCUT2D eigenvalue weighted by atomic mass is 10.2. The zero-order valence-electron chi connectivity index (χ0n) is 7.29. The number of rotatable bonds is 5. The molecule has 3 heteroatoms. The van der Waals surface area contributed by atoms with Gasteiger partial charge in [-0.05, 0) is 18.1 Å². The third-order valence-corrected chi connectivity index (χ3v) is 1.68. The van der Waals surface area contributed by atoms with E-state index in [1.807, 2.05) is 19.1 Å². The Bertz CT molecular complexity index is 196. The summed E-state index contributed by atoms with van der Waals surface area (Å²) in [5, 5.41) is 11.9. The fourth-order valence-electron chi connectivity index (χ4n) is 0.919. The number of aliphatic hydroxyl groups is 1. The maximum absolute atomic E-state index is 8.73. The minimum atomic E-state index is 0.227. The first-order valence-corrected chi connectivity index (χ1v) is 4.17. The Morgan fingerprint density at radius 1 is 1.67 bits per heavy atom. The van der Waals surface area contributed by atoms with Gasteiger partial charge >= 0.3 is 0 Å². The molecule has 0 bridgehead atoms. The first-order chi connectivity index (χ1) is 5.83. The number of aliphatic hydroxyl groups excluding tert-OH is 1. The Hall–Kier alpha value is -0.800. The Kier molecular flexibility index (Phi) is 3.84. The first kappa shape index (κ1) is 9.29. The van der Waals surface area contributed by atoms with E-state index in [-0.39, 0.29) is 6.61 Å². The van der Waals surface area contributed by atoms with Crippen LogP contribution in [0.5, 0.6) is 0 Å². The lowest BCUT2D eigenvalue weighted by molar-refractivity contribution is 0.232. The van der Waals surface area contributed by atoms with Gasteiger partial charge in [0.25, 0.3) is 0 Å². The predicted octanol–water partition coefficient (Wildman–Crippen LogP) is 0.998. The van der Waals surface area contributed by atoms with Gasteiger partial charge < -0.3 is 14.8 Å². The molecule has 12 heavy (non-hydrogen) atoms. The smallest absolute Gasteiger partial charge is 0.117 e. The highest BCUT2D eigenvalue weighted by Gasteiger charge is 1.99. The van der Waals surface area contributed by atoms with Crippen LogP contribution in [0.3, 0.4) is 0 Å². The maximum atomic E-state index is 8.73. The third-order valence-electron chi connectivity index (χ3n) is 1.68. The van der Waals surface area contributed by atoms with Crippen molar-refractivity contribution in [2.45, 2.75) is 13.5 Å². The van der Waals surface area contributed by atoms with E-state index in [1.54, 1.807) is 6.26 Å². The Balaban J connectivity index is 2.11. The highest BCUT2D eigenvalue weighted by Crippen LogP contribution is 1.99. The summed E-state index contributed by atoms with van der Waals surface area (Å²) in [6.45, 7) is 3.77. The van der Waals surface area contributed by atoms with Crippen molar-refractivity contribution in [3.63, 3.8) is 0 Å². The molecule has 1 unspecified atom stereocenters. The van der Waals surface area contributed by atoms with Gasteiger partial charge in [-0.3, -0.25) is 0 Å². The zero-order valence-corrected chi connectivity index (χ0v) is 7.29. The Morgan fingerprint density at radius 3 is 3.08 bits per heavy atom. The lowest BCUT2D eigenvalue weighted by Gasteiger charge is -2.07. The SMILES string of the molecule is CC(CO)CNCc1ccco1. The van der Waals surface area contributed by atoms with Gasteiger partial charge in [0.2, 0.25) is 0 Å². The van der Waals surface area contributed by atoms with Crippen molar-refractivity contribution in [2.24, 2.45) is 5.92 Å². The molecule has 2 N–H and O–H groups in total. The first-order valence-electron chi connectivity index (χ1n) is 4.17. The van der Waals surface area contributed by atoms with E-state index >= 15 is 0 Å². The molecule has 0 aliphatic carbocycles. The molecule has 0 fully saturated rings. The molecular formula is C9H15NO2. The second kappa shape index (κ2) is 4.95. The van der Waals surface area contributed by atoms with Crippen LogP contribution in [-0.4, -0.2) is 18.3 Å². The molecular weight excluding hydrogens is 154 g/mol. The normalized spacial score (nSPS) is 13.2. The van der Waals surface area contributed by atoms with Gasteiger partial charge in [0.1, 0.15) is 5.76 Å². The summed E-state index contributed by atoms with van der Waals surface area (Å²) in [4.78, 5) is 0. The second-order valence-electron chi connectivity index (χ2n) is 3.00.